The fourth-order valence-electron chi connectivity index (χ4n) is 1.86. The predicted molar refractivity (Wildman–Crippen MR) is 78.6 cm³/mol. The summed E-state index contributed by atoms with van der Waals surface area (Å²) in [7, 11) is 1.48. The van der Waals surface area contributed by atoms with E-state index in [1.54, 1.807) is 18.2 Å². The van der Waals surface area contributed by atoms with Gasteiger partial charge in [0.25, 0.3) is 5.91 Å². The van der Waals surface area contributed by atoms with Crippen LogP contribution in [0, 0.1) is 0 Å². The average molecular weight is 288 g/mol. The summed E-state index contributed by atoms with van der Waals surface area (Å²) in [5, 5.41) is 21.7. The molecule has 6 nitrogen and oxygen atoms in total. The zero-order valence-corrected chi connectivity index (χ0v) is 11.5. The van der Waals surface area contributed by atoms with Crippen LogP contribution in [0.5, 0.6) is 17.2 Å². The first kappa shape index (κ1) is 14.7. The monoisotopic (exact) mass is 288 g/mol. The minimum Gasteiger partial charge on any atom is -0.508 e. The highest BCUT2D eigenvalue weighted by Gasteiger charge is 2.14. The van der Waals surface area contributed by atoms with E-state index >= 15 is 0 Å². The van der Waals surface area contributed by atoms with E-state index in [0.717, 1.165) is 5.56 Å². The quantitative estimate of drug-likeness (QED) is 0.642. The van der Waals surface area contributed by atoms with E-state index in [9.17, 15) is 15.0 Å². The zero-order chi connectivity index (χ0) is 15.4. The van der Waals surface area contributed by atoms with Crippen LogP contribution in [-0.2, 0) is 6.54 Å². The Bertz CT molecular complexity index is 671. The van der Waals surface area contributed by atoms with Crippen molar-refractivity contribution < 1.29 is 19.7 Å². The highest BCUT2D eigenvalue weighted by atomic mass is 16.5. The second-order valence-electron chi connectivity index (χ2n) is 4.39. The Morgan fingerprint density at radius 1 is 1.24 bits per heavy atom. The summed E-state index contributed by atoms with van der Waals surface area (Å²) >= 11 is 0. The lowest BCUT2D eigenvalue weighted by molar-refractivity contribution is 0.102. The SMILES string of the molecule is COc1cc(CN)ccc1NC(=O)c1cc(O)ccc1O. The molecule has 2 rings (SSSR count). The summed E-state index contributed by atoms with van der Waals surface area (Å²) in [6, 6.07) is 8.88. The maximum atomic E-state index is 12.1. The summed E-state index contributed by atoms with van der Waals surface area (Å²) in [5.41, 5.74) is 6.83. The molecule has 0 radical (unpaired) electrons. The van der Waals surface area contributed by atoms with Crippen LogP contribution >= 0.6 is 0 Å². The molecule has 0 saturated heterocycles. The number of rotatable bonds is 4. The molecule has 0 unspecified atom stereocenters. The fraction of sp³-hybridized carbons (Fsp3) is 0.133. The van der Waals surface area contributed by atoms with Crippen LogP contribution in [0.1, 0.15) is 15.9 Å². The number of carbonyl (C=O) groups excluding carboxylic acids is 1. The number of nitrogens with two attached hydrogens (primary N) is 1. The highest BCUT2D eigenvalue weighted by Crippen LogP contribution is 2.28. The molecule has 110 valence electrons. The Kier molecular flexibility index (Phi) is 4.30. The van der Waals surface area contributed by atoms with Crippen molar-refractivity contribution in [2.24, 2.45) is 5.73 Å². The zero-order valence-electron chi connectivity index (χ0n) is 11.5. The van der Waals surface area contributed by atoms with Crippen molar-refractivity contribution in [3.63, 3.8) is 0 Å². The molecule has 0 aliphatic heterocycles. The summed E-state index contributed by atoms with van der Waals surface area (Å²) in [4.78, 5) is 12.1. The fourth-order valence-corrected chi connectivity index (χ4v) is 1.86. The number of phenolic OH excluding ortho intramolecular Hbond substituents is 2. The van der Waals surface area contributed by atoms with Gasteiger partial charge < -0.3 is 26.0 Å². The van der Waals surface area contributed by atoms with Gasteiger partial charge in [0.2, 0.25) is 0 Å². The molecule has 0 heterocycles. The smallest absolute Gasteiger partial charge is 0.259 e. The molecule has 21 heavy (non-hydrogen) atoms. The van der Waals surface area contributed by atoms with Crippen LogP contribution in [0.15, 0.2) is 36.4 Å². The largest absolute Gasteiger partial charge is 0.508 e. The second kappa shape index (κ2) is 6.15. The number of benzene rings is 2. The van der Waals surface area contributed by atoms with Gasteiger partial charge in [-0.2, -0.15) is 0 Å². The molecule has 0 aliphatic carbocycles. The Hall–Kier alpha value is -2.73. The molecule has 0 aromatic heterocycles. The molecule has 0 atom stereocenters. The number of ether oxygens (including phenoxy) is 1. The number of hydrogen-bond donors (Lipinski definition) is 4. The lowest BCUT2D eigenvalue weighted by Gasteiger charge is -2.12. The van der Waals surface area contributed by atoms with Crippen molar-refractivity contribution in [2.45, 2.75) is 6.54 Å². The molecule has 0 saturated carbocycles. The van der Waals surface area contributed by atoms with Gasteiger partial charge in [-0.25, -0.2) is 0 Å². The summed E-state index contributed by atoms with van der Waals surface area (Å²) in [5.74, 6) is -0.417. The maximum absolute atomic E-state index is 12.1. The highest BCUT2D eigenvalue weighted by molar-refractivity contribution is 6.07. The van der Waals surface area contributed by atoms with E-state index in [1.807, 2.05) is 0 Å². The molecule has 0 bridgehead atoms. The first-order valence-corrected chi connectivity index (χ1v) is 6.25. The molecule has 6 heteroatoms. The van der Waals surface area contributed by atoms with Crippen molar-refractivity contribution in [3.8, 4) is 17.2 Å². The number of nitrogens with one attached hydrogen (secondary N) is 1. The lowest BCUT2D eigenvalue weighted by Crippen LogP contribution is -2.13. The van der Waals surface area contributed by atoms with Crippen LogP contribution in [0.2, 0.25) is 0 Å². The number of phenols is 2. The molecule has 0 aliphatic rings. The van der Waals surface area contributed by atoms with E-state index < -0.39 is 5.91 Å². The van der Waals surface area contributed by atoms with Crippen LogP contribution in [0.4, 0.5) is 5.69 Å². The van der Waals surface area contributed by atoms with Crippen LogP contribution in [-0.4, -0.2) is 23.2 Å². The summed E-state index contributed by atoms with van der Waals surface area (Å²) in [6.07, 6.45) is 0. The third-order valence-corrected chi connectivity index (χ3v) is 2.97. The molecule has 1 amide bonds. The third kappa shape index (κ3) is 3.24. The van der Waals surface area contributed by atoms with Gasteiger partial charge in [0.05, 0.1) is 18.4 Å². The van der Waals surface area contributed by atoms with Crippen molar-refractivity contribution in [1.29, 1.82) is 0 Å². The summed E-state index contributed by atoms with van der Waals surface area (Å²) < 4.78 is 5.20. The van der Waals surface area contributed by atoms with Crippen molar-refractivity contribution in [1.82, 2.24) is 0 Å². The van der Waals surface area contributed by atoms with E-state index in [4.69, 9.17) is 10.5 Å². The minimum atomic E-state index is -0.554. The molecular weight excluding hydrogens is 272 g/mol. The first-order valence-electron chi connectivity index (χ1n) is 6.25. The maximum Gasteiger partial charge on any atom is 0.259 e. The van der Waals surface area contributed by atoms with Gasteiger partial charge >= 0.3 is 0 Å². The topological polar surface area (TPSA) is 105 Å². The Balaban J connectivity index is 2.29. The molecular formula is C15H16N2O4. The van der Waals surface area contributed by atoms with Gasteiger partial charge in [-0.3, -0.25) is 4.79 Å². The van der Waals surface area contributed by atoms with Crippen LogP contribution in [0.3, 0.4) is 0 Å². The predicted octanol–water partition coefficient (Wildman–Crippen LogP) is 1.82. The van der Waals surface area contributed by atoms with Gasteiger partial charge in [0.1, 0.15) is 17.2 Å². The lowest BCUT2D eigenvalue weighted by atomic mass is 10.1. The standard InChI is InChI=1S/C15H16N2O4/c1-21-14-6-9(8-16)2-4-12(14)17-15(20)11-7-10(18)3-5-13(11)19/h2-7,18-19H,8,16H2,1H3,(H,17,20). The van der Waals surface area contributed by atoms with E-state index in [2.05, 4.69) is 5.32 Å². The van der Waals surface area contributed by atoms with Gasteiger partial charge in [-0.1, -0.05) is 6.07 Å². The van der Waals surface area contributed by atoms with E-state index in [1.165, 1.54) is 25.3 Å². The van der Waals surface area contributed by atoms with Crippen molar-refractivity contribution in [3.05, 3.63) is 47.5 Å². The molecule has 0 fully saturated rings. The van der Waals surface area contributed by atoms with Crippen molar-refractivity contribution in [2.75, 3.05) is 12.4 Å². The number of hydrogen-bond acceptors (Lipinski definition) is 5. The molecule has 0 spiro atoms. The minimum absolute atomic E-state index is 0.0278. The number of amides is 1. The number of methoxy groups -OCH3 is 1. The summed E-state index contributed by atoms with van der Waals surface area (Å²) in [6.45, 7) is 0.359. The van der Waals surface area contributed by atoms with Gasteiger partial charge in [0, 0.05) is 6.54 Å². The van der Waals surface area contributed by atoms with Crippen molar-refractivity contribution >= 4 is 11.6 Å². The Labute approximate surface area is 121 Å². The number of aromatic hydroxyl groups is 2. The van der Waals surface area contributed by atoms with Gasteiger partial charge in [-0.15, -0.1) is 0 Å². The second-order valence-corrected chi connectivity index (χ2v) is 4.39. The van der Waals surface area contributed by atoms with Crippen LogP contribution < -0.4 is 15.8 Å². The van der Waals surface area contributed by atoms with E-state index in [-0.39, 0.29) is 17.1 Å². The third-order valence-electron chi connectivity index (χ3n) is 2.97. The molecule has 2 aromatic rings. The number of carbonyl (C=O) groups is 1. The average Bonchev–Trinajstić information content (AvgIpc) is 2.49. The molecule has 5 N–H and O–H groups in total. The van der Waals surface area contributed by atoms with Crippen LogP contribution in [0.25, 0.3) is 0 Å². The Morgan fingerprint density at radius 2 is 2.00 bits per heavy atom. The molecule has 2 aromatic carbocycles. The Morgan fingerprint density at radius 3 is 2.67 bits per heavy atom. The van der Waals surface area contributed by atoms with Gasteiger partial charge in [-0.05, 0) is 35.9 Å². The number of anilines is 1. The van der Waals surface area contributed by atoms with E-state index in [0.29, 0.717) is 18.0 Å². The van der Waals surface area contributed by atoms with Gasteiger partial charge in [0.15, 0.2) is 0 Å². The first-order chi connectivity index (χ1) is 10.0. The normalized spacial score (nSPS) is 10.2.